The zero-order valence-electron chi connectivity index (χ0n) is 17.3. The number of likely N-dealkylation sites (tertiary alicyclic amines) is 1. The van der Waals surface area contributed by atoms with Crippen molar-refractivity contribution in [3.8, 4) is 12.1 Å². The Balaban J connectivity index is 1.38. The molecule has 0 aromatic heterocycles. The van der Waals surface area contributed by atoms with Gasteiger partial charge in [0.1, 0.15) is 12.1 Å². The summed E-state index contributed by atoms with van der Waals surface area (Å²) in [5, 5.41) is 19.0. The molecule has 3 rings (SSSR count). The van der Waals surface area contributed by atoms with Gasteiger partial charge in [0.05, 0.1) is 28.4 Å². The number of nitrogens with two attached hydrogens (primary N) is 1. The molecule has 0 radical (unpaired) electrons. The second-order valence-electron chi connectivity index (χ2n) is 8.00. The lowest BCUT2D eigenvalue weighted by atomic mass is 10.1. The number of carbonyl (C=O) groups is 1. The molecule has 1 amide bonds. The lowest BCUT2D eigenvalue weighted by molar-refractivity contribution is -0.132. The number of anilines is 1. The second kappa shape index (κ2) is 10.6. The summed E-state index contributed by atoms with van der Waals surface area (Å²) in [6, 6.07) is 9.19. The van der Waals surface area contributed by atoms with Crippen LogP contribution in [-0.2, 0) is 4.79 Å². The van der Waals surface area contributed by atoms with Gasteiger partial charge in [0.25, 0.3) is 0 Å². The van der Waals surface area contributed by atoms with E-state index in [4.69, 9.17) is 22.6 Å². The van der Waals surface area contributed by atoms with Crippen molar-refractivity contribution in [3.63, 3.8) is 0 Å². The quantitative estimate of drug-likeness (QED) is 0.669. The molecule has 0 aliphatic carbocycles. The highest BCUT2D eigenvalue weighted by molar-refractivity contribution is 6.32. The van der Waals surface area contributed by atoms with Crippen molar-refractivity contribution in [3.05, 3.63) is 28.8 Å². The molecule has 1 aromatic rings. The number of unbranched alkanes of at least 4 members (excludes halogenated alkanes) is 1. The molecule has 2 fully saturated rings. The van der Waals surface area contributed by atoms with Crippen LogP contribution in [0.25, 0.3) is 0 Å². The van der Waals surface area contributed by atoms with Gasteiger partial charge in [0.15, 0.2) is 0 Å². The largest absolute Gasteiger partial charge is 0.368 e. The molecular formula is C22H29ClN6O. The predicted octanol–water partition coefficient (Wildman–Crippen LogP) is 2.35. The maximum absolute atomic E-state index is 12.5. The van der Waals surface area contributed by atoms with E-state index in [0.29, 0.717) is 23.6 Å². The fourth-order valence-electron chi connectivity index (χ4n) is 4.30. The van der Waals surface area contributed by atoms with Crippen molar-refractivity contribution >= 4 is 23.2 Å². The first-order chi connectivity index (χ1) is 14.5. The van der Waals surface area contributed by atoms with Gasteiger partial charge in [-0.25, -0.2) is 0 Å². The summed E-state index contributed by atoms with van der Waals surface area (Å²) in [5.41, 5.74) is 7.55. The van der Waals surface area contributed by atoms with E-state index in [2.05, 4.69) is 21.9 Å². The van der Waals surface area contributed by atoms with Crippen LogP contribution in [0.15, 0.2) is 18.2 Å². The van der Waals surface area contributed by atoms with Gasteiger partial charge >= 0.3 is 0 Å². The van der Waals surface area contributed by atoms with E-state index in [1.54, 1.807) is 11.0 Å². The highest BCUT2D eigenvalue weighted by Crippen LogP contribution is 2.27. The Kier molecular flexibility index (Phi) is 7.93. The molecule has 0 spiro atoms. The van der Waals surface area contributed by atoms with E-state index >= 15 is 0 Å². The average molecular weight is 429 g/mol. The van der Waals surface area contributed by atoms with Crippen LogP contribution in [0.3, 0.4) is 0 Å². The third-order valence-corrected chi connectivity index (χ3v) is 6.37. The zero-order valence-corrected chi connectivity index (χ0v) is 18.0. The first-order valence-electron chi connectivity index (χ1n) is 10.7. The molecule has 2 aliphatic heterocycles. The number of amides is 1. The van der Waals surface area contributed by atoms with E-state index in [1.807, 2.05) is 12.1 Å². The Hall–Kier alpha value is -2.32. The summed E-state index contributed by atoms with van der Waals surface area (Å²) in [7, 11) is 0. The van der Waals surface area contributed by atoms with Gasteiger partial charge in [-0.3, -0.25) is 9.69 Å². The minimum absolute atomic E-state index is 0.0810. The molecule has 2 saturated heterocycles. The van der Waals surface area contributed by atoms with Crippen LogP contribution in [0.1, 0.15) is 37.7 Å². The normalized spacial score (nSPS) is 20.6. The number of hydrogen-bond acceptors (Lipinski definition) is 6. The standard InChI is InChI=1S/C22H29ClN6O/c23-19-6-3-8-21(18(19)16-25)28-13-11-27(12-14-28)9-2-1-7-20(26)22(30)29-10-4-5-17(29)15-24/h3,6,8,17,20H,1-2,4-5,7,9-14,26H2/t17-,20-/m0/s1. The first-order valence-corrected chi connectivity index (χ1v) is 11.0. The monoisotopic (exact) mass is 428 g/mol. The topological polar surface area (TPSA) is 100 Å². The van der Waals surface area contributed by atoms with Gasteiger partial charge in [-0.05, 0) is 44.4 Å². The van der Waals surface area contributed by atoms with Crippen LogP contribution in [0.5, 0.6) is 0 Å². The smallest absolute Gasteiger partial charge is 0.240 e. The molecule has 2 N–H and O–H groups in total. The summed E-state index contributed by atoms with van der Waals surface area (Å²) < 4.78 is 0. The molecule has 2 aliphatic rings. The van der Waals surface area contributed by atoms with Crippen molar-refractivity contribution < 1.29 is 4.79 Å². The van der Waals surface area contributed by atoms with E-state index in [1.165, 1.54) is 0 Å². The van der Waals surface area contributed by atoms with Crippen LogP contribution >= 0.6 is 11.6 Å². The van der Waals surface area contributed by atoms with Crippen molar-refractivity contribution in [1.29, 1.82) is 10.5 Å². The number of carbonyl (C=O) groups excluding carboxylic acids is 1. The van der Waals surface area contributed by atoms with Crippen LogP contribution in [0.2, 0.25) is 5.02 Å². The molecule has 1 aromatic carbocycles. The molecule has 30 heavy (non-hydrogen) atoms. The van der Waals surface area contributed by atoms with Crippen LogP contribution < -0.4 is 10.6 Å². The molecular weight excluding hydrogens is 400 g/mol. The molecule has 0 bridgehead atoms. The summed E-state index contributed by atoms with van der Waals surface area (Å²) in [5.74, 6) is -0.0810. The number of hydrogen-bond donors (Lipinski definition) is 1. The first kappa shape index (κ1) is 22.4. The minimum Gasteiger partial charge on any atom is -0.368 e. The lowest BCUT2D eigenvalue weighted by Crippen LogP contribution is -2.47. The molecule has 7 nitrogen and oxygen atoms in total. The number of rotatable bonds is 7. The molecule has 2 heterocycles. The Morgan fingerprint density at radius 3 is 2.67 bits per heavy atom. The minimum atomic E-state index is -0.511. The second-order valence-corrected chi connectivity index (χ2v) is 8.40. The number of nitriles is 2. The van der Waals surface area contributed by atoms with Crippen LogP contribution in [0.4, 0.5) is 5.69 Å². The average Bonchev–Trinajstić information content (AvgIpc) is 3.25. The van der Waals surface area contributed by atoms with Crippen LogP contribution in [0, 0.1) is 22.7 Å². The van der Waals surface area contributed by atoms with Gasteiger partial charge in [-0.1, -0.05) is 24.1 Å². The molecule has 8 heteroatoms. The highest BCUT2D eigenvalue weighted by atomic mass is 35.5. The summed E-state index contributed by atoms with van der Waals surface area (Å²) in [6.45, 7) is 5.20. The van der Waals surface area contributed by atoms with E-state index in [9.17, 15) is 10.1 Å². The lowest BCUT2D eigenvalue weighted by Gasteiger charge is -2.36. The SMILES string of the molecule is N#Cc1c(Cl)cccc1N1CCN(CCCC[C@H](N)C(=O)N2CCC[C@H]2C#N)CC1. The molecule has 0 saturated carbocycles. The van der Waals surface area contributed by atoms with Gasteiger partial charge in [-0.2, -0.15) is 10.5 Å². The van der Waals surface area contributed by atoms with Crippen molar-refractivity contribution in [2.75, 3.05) is 44.2 Å². The van der Waals surface area contributed by atoms with Crippen molar-refractivity contribution in [2.45, 2.75) is 44.2 Å². The van der Waals surface area contributed by atoms with E-state index in [0.717, 1.165) is 64.1 Å². The predicted molar refractivity (Wildman–Crippen MR) is 117 cm³/mol. The van der Waals surface area contributed by atoms with Gasteiger partial charge < -0.3 is 15.5 Å². The highest BCUT2D eigenvalue weighted by Gasteiger charge is 2.31. The Labute approximate surface area is 183 Å². The third-order valence-electron chi connectivity index (χ3n) is 6.06. The third kappa shape index (κ3) is 5.23. The fourth-order valence-corrected chi connectivity index (χ4v) is 4.51. The summed E-state index contributed by atoms with van der Waals surface area (Å²) in [6.07, 6.45) is 4.18. The Bertz CT molecular complexity index is 824. The zero-order chi connectivity index (χ0) is 21.5. The number of piperazine rings is 1. The fraction of sp³-hybridized carbons (Fsp3) is 0.591. The molecule has 2 atom stereocenters. The number of halogens is 1. The molecule has 160 valence electrons. The maximum Gasteiger partial charge on any atom is 0.240 e. The van der Waals surface area contributed by atoms with Crippen LogP contribution in [-0.4, -0.2) is 67.1 Å². The van der Waals surface area contributed by atoms with E-state index < -0.39 is 6.04 Å². The molecule has 0 unspecified atom stereocenters. The van der Waals surface area contributed by atoms with Crippen molar-refractivity contribution in [2.24, 2.45) is 5.73 Å². The summed E-state index contributed by atoms with van der Waals surface area (Å²) in [4.78, 5) is 18.7. The number of benzene rings is 1. The van der Waals surface area contributed by atoms with E-state index in [-0.39, 0.29) is 11.9 Å². The summed E-state index contributed by atoms with van der Waals surface area (Å²) >= 11 is 6.15. The van der Waals surface area contributed by atoms with Crippen molar-refractivity contribution in [1.82, 2.24) is 9.80 Å². The van der Waals surface area contributed by atoms with Gasteiger partial charge in [-0.15, -0.1) is 0 Å². The Morgan fingerprint density at radius 1 is 1.20 bits per heavy atom. The maximum atomic E-state index is 12.5. The van der Waals surface area contributed by atoms with Gasteiger partial charge in [0.2, 0.25) is 5.91 Å². The van der Waals surface area contributed by atoms with Gasteiger partial charge in [0, 0.05) is 32.7 Å². The number of nitrogens with zero attached hydrogens (tertiary/aromatic N) is 5. The Morgan fingerprint density at radius 2 is 1.97 bits per heavy atom.